The molecule has 0 N–H and O–H groups in total. The highest BCUT2D eigenvalue weighted by molar-refractivity contribution is 9.10. The molecule has 0 bridgehead atoms. The van der Waals surface area contributed by atoms with Gasteiger partial charge in [0.1, 0.15) is 4.47 Å². The Balaban J connectivity index is 2.32. The van der Waals surface area contributed by atoms with Crippen LogP contribution in [0.2, 0.25) is 0 Å². The second kappa shape index (κ2) is 3.85. The average Bonchev–Trinajstić information content (AvgIpc) is 2.97. The summed E-state index contributed by atoms with van der Waals surface area (Å²) in [5.74, 6) is 0.703. The fourth-order valence-corrected chi connectivity index (χ4v) is 2.06. The Labute approximate surface area is 91.3 Å². The van der Waals surface area contributed by atoms with E-state index >= 15 is 0 Å². The van der Waals surface area contributed by atoms with Crippen LogP contribution >= 0.6 is 15.9 Å². The molecule has 14 heavy (non-hydrogen) atoms. The SMILES string of the molecule is CCc1ncn(CC2CC2)c(=O)c1Br. The van der Waals surface area contributed by atoms with Gasteiger partial charge in [0.15, 0.2) is 0 Å². The molecule has 1 fully saturated rings. The summed E-state index contributed by atoms with van der Waals surface area (Å²) in [5, 5.41) is 0. The van der Waals surface area contributed by atoms with Crippen LogP contribution in [0.3, 0.4) is 0 Å². The highest BCUT2D eigenvalue weighted by Crippen LogP contribution is 2.30. The van der Waals surface area contributed by atoms with Crippen molar-refractivity contribution in [2.24, 2.45) is 5.92 Å². The lowest BCUT2D eigenvalue weighted by molar-refractivity contribution is 0.589. The molecule has 76 valence electrons. The van der Waals surface area contributed by atoms with E-state index in [0.717, 1.165) is 18.7 Å². The van der Waals surface area contributed by atoms with Crippen molar-refractivity contribution in [2.75, 3.05) is 0 Å². The van der Waals surface area contributed by atoms with Crippen LogP contribution < -0.4 is 5.56 Å². The van der Waals surface area contributed by atoms with E-state index in [1.165, 1.54) is 12.8 Å². The standard InChI is InChI=1S/C10H13BrN2O/c1-2-8-9(11)10(14)13(6-12-8)5-7-3-4-7/h6-7H,2-5H2,1H3. The highest BCUT2D eigenvalue weighted by atomic mass is 79.9. The van der Waals surface area contributed by atoms with Gasteiger partial charge in [-0.3, -0.25) is 9.36 Å². The zero-order valence-corrected chi connectivity index (χ0v) is 9.75. The molecule has 0 unspecified atom stereocenters. The van der Waals surface area contributed by atoms with Crippen molar-refractivity contribution in [3.05, 3.63) is 26.8 Å². The van der Waals surface area contributed by atoms with E-state index in [9.17, 15) is 4.79 Å². The zero-order valence-electron chi connectivity index (χ0n) is 8.16. The summed E-state index contributed by atoms with van der Waals surface area (Å²) in [6, 6.07) is 0. The summed E-state index contributed by atoms with van der Waals surface area (Å²) in [4.78, 5) is 16.0. The van der Waals surface area contributed by atoms with Crippen molar-refractivity contribution in [1.82, 2.24) is 9.55 Å². The van der Waals surface area contributed by atoms with E-state index in [1.54, 1.807) is 10.9 Å². The van der Waals surface area contributed by atoms with Gasteiger partial charge in [0.25, 0.3) is 5.56 Å². The maximum absolute atomic E-state index is 11.8. The van der Waals surface area contributed by atoms with Crippen LogP contribution in [0.5, 0.6) is 0 Å². The third-order valence-electron chi connectivity index (χ3n) is 2.54. The second-order valence-electron chi connectivity index (χ2n) is 3.76. The zero-order chi connectivity index (χ0) is 10.1. The van der Waals surface area contributed by atoms with Gasteiger partial charge in [-0.05, 0) is 41.1 Å². The molecule has 1 saturated carbocycles. The molecule has 1 aliphatic carbocycles. The molecule has 1 heterocycles. The molecule has 3 nitrogen and oxygen atoms in total. The fraction of sp³-hybridized carbons (Fsp3) is 0.600. The number of rotatable bonds is 3. The minimum absolute atomic E-state index is 0.0590. The van der Waals surface area contributed by atoms with Gasteiger partial charge in [0, 0.05) is 6.54 Å². The van der Waals surface area contributed by atoms with Crippen molar-refractivity contribution < 1.29 is 0 Å². The Bertz CT molecular complexity index is 396. The van der Waals surface area contributed by atoms with Crippen LogP contribution in [-0.2, 0) is 13.0 Å². The molecule has 4 heteroatoms. The Hall–Kier alpha value is -0.640. The van der Waals surface area contributed by atoms with Crippen LogP contribution in [0.25, 0.3) is 0 Å². The van der Waals surface area contributed by atoms with Gasteiger partial charge < -0.3 is 0 Å². The average molecular weight is 257 g/mol. The Morgan fingerprint density at radius 3 is 2.93 bits per heavy atom. The molecule has 0 radical (unpaired) electrons. The number of halogens is 1. The minimum Gasteiger partial charge on any atom is -0.298 e. The molecule has 0 amide bonds. The molecule has 0 saturated heterocycles. The molecule has 2 rings (SSSR count). The van der Waals surface area contributed by atoms with Gasteiger partial charge in [-0.2, -0.15) is 0 Å². The summed E-state index contributed by atoms with van der Waals surface area (Å²) in [7, 11) is 0. The summed E-state index contributed by atoms with van der Waals surface area (Å²) >= 11 is 3.31. The van der Waals surface area contributed by atoms with Crippen LogP contribution in [0, 0.1) is 5.92 Å². The summed E-state index contributed by atoms with van der Waals surface area (Å²) in [6.07, 6.45) is 4.96. The van der Waals surface area contributed by atoms with Gasteiger partial charge >= 0.3 is 0 Å². The lowest BCUT2D eigenvalue weighted by atomic mass is 10.3. The maximum atomic E-state index is 11.8. The Morgan fingerprint density at radius 2 is 2.36 bits per heavy atom. The van der Waals surface area contributed by atoms with Crippen molar-refractivity contribution >= 4 is 15.9 Å². The van der Waals surface area contributed by atoms with E-state index in [2.05, 4.69) is 20.9 Å². The summed E-state index contributed by atoms with van der Waals surface area (Å²) in [6.45, 7) is 2.83. The van der Waals surface area contributed by atoms with Crippen LogP contribution in [0.15, 0.2) is 15.6 Å². The number of nitrogens with zero attached hydrogens (tertiary/aromatic N) is 2. The predicted octanol–water partition coefficient (Wildman–Crippen LogP) is 1.98. The van der Waals surface area contributed by atoms with Crippen LogP contribution in [0.4, 0.5) is 0 Å². The highest BCUT2D eigenvalue weighted by Gasteiger charge is 2.22. The molecule has 0 spiro atoms. The topological polar surface area (TPSA) is 34.9 Å². The smallest absolute Gasteiger partial charge is 0.267 e. The molecule has 1 aliphatic rings. The van der Waals surface area contributed by atoms with Crippen molar-refractivity contribution in [2.45, 2.75) is 32.7 Å². The van der Waals surface area contributed by atoms with Crippen molar-refractivity contribution in [3.63, 3.8) is 0 Å². The monoisotopic (exact) mass is 256 g/mol. The summed E-state index contributed by atoms with van der Waals surface area (Å²) in [5.41, 5.74) is 0.908. The number of hydrogen-bond acceptors (Lipinski definition) is 2. The van der Waals surface area contributed by atoms with Gasteiger partial charge in [-0.15, -0.1) is 0 Å². The first-order valence-corrected chi connectivity index (χ1v) is 5.75. The van der Waals surface area contributed by atoms with E-state index in [0.29, 0.717) is 10.4 Å². The first kappa shape index (κ1) is 9.90. The molecule has 0 aliphatic heterocycles. The number of aryl methyl sites for hydroxylation is 1. The summed E-state index contributed by atoms with van der Waals surface area (Å²) < 4.78 is 2.34. The van der Waals surface area contributed by atoms with E-state index in [1.807, 2.05) is 6.92 Å². The van der Waals surface area contributed by atoms with Gasteiger partial charge in [-0.1, -0.05) is 6.92 Å². The molecular formula is C10H13BrN2O. The predicted molar refractivity (Wildman–Crippen MR) is 58.3 cm³/mol. The molecular weight excluding hydrogens is 244 g/mol. The maximum Gasteiger partial charge on any atom is 0.267 e. The molecule has 0 aromatic carbocycles. The van der Waals surface area contributed by atoms with Gasteiger partial charge in [-0.25, -0.2) is 4.98 Å². The lowest BCUT2D eigenvalue weighted by Crippen LogP contribution is -2.23. The molecule has 0 atom stereocenters. The van der Waals surface area contributed by atoms with Gasteiger partial charge in [0.05, 0.1) is 12.0 Å². The Kier molecular flexibility index (Phi) is 2.72. The normalized spacial score (nSPS) is 15.9. The number of hydrogen-bond donors (Lipinski definition) is 0. The van der Waals surface area contributed by atoms with Crippen molar-refractivity contribution in [1.29, 1.82) is 0 Å². The fourth-order valence-electron chi connectivity index (χ4n) is 1.45. The third kappa shape index (κ3) is 1.90. The molecule has 1 aromatic rings. The Morgan fingerprint density at radius 1 is 1.64 bits per heavy atom. The van der Waals surface area contributed by atoms with Gasteiger partial charge in [0.2, 0.25) is 0 Å². The first-order chi connectivity index (χ1) is 6.72. The second-order valence-corrected chi connectivity index (χ2v) is 4.55. The molecule has 1 aromatic heterocycles. The van der Waals surface area contributed by atoms with Crippen molar-refractivity contribution in [3.8, 4) is 0 Å². The van der Waals surface area contributed by atoms with Crippen LogP contribution in [-0.4, -0.2) is 9.55 Å². The minimum atomic E-state index is 0.0590. The van der Waals surface area contributed by atoms with E-state index in [4.69, 9.17) is 0 Å². The lowest BCUT2D eigenvalue weighted by Gasteiger charge is -2.06. The third-order valence-corrected chi connectivity index (χ3v) is 3.34. The van der Waals surface area contributed by atoms with E-state index < -0.39 is 0 Å². The van der Waals surface area contributed by atoms with Crippen LogP contribution in [0.1, 0.15) is 25.5 Å². The number of aromatic nitrogens is 2. The van der Waals surface area contributed by atoms with E-state index in [-0.39, 0.29) is 5.56 Å². The largest absolute Gasteiger partial charge is 0.298 e. The first-order valence-electron chi connectivity index (χ1n) is 4.96. The quantitative estimate of drug-likeness (QED) is 0.829.